The number of aromatic nitrogens is 1. The lowest BCUT2D eigenvalue weighted by molar-refractivity contribution is 0.0729. The molecule has 1 amide bonds. The molecular weight excluding hydrogens is 444 g/mol. The molecule has 2 aromatic carbocycles. The van der Waals surface area contributed by atoms with Crippen LogP contribution in [-0.2, 0) is 13.1 Å². The fourth-order valence-corrected chi connectivity index (χ4v) is 3.77. The Morgan fingerprint density at radius 2 is 1.93 bits per heavy atom. The van der Waals surface area contributed by atoms with Gasteiger partial charge in [-0.15, -0.1) is 0 Å². The van der Waals surface area contributed by atoms with Gasteiger partial charge in [-0.3, -0.25) is 9.78 Å². The number of pyridine rings is 1. The molecule has 5 nitrogen and oxygen atoms in total. The second kappa shape index (κ2) is 10.3. The number of hydrogen-bond acceptors (Lipinski definition) is 4. The third kappa shape index (κ3) is 5.19. The predicted octanol–water partition coefficient (Wildman–Crippen LogP) is 5.40. The van der Waals surface area contributed by atoms with Gasteiger partial charge in [0.05, 0.1) is 18.2 Å². The Balaban J connectivity index is 1.97. The minimum Gasteiger partial charge on any atom is -0.493 e. The lowest BCUT2D eigenvalue weighted by Gasteiger charge is -2.24. The van der Waals surface area contributed by atoms with Crippen molar-refractivity contribution in [2.75, 3.05) is 13.7 Å². The fraction of sp³-hybridized carbons (Fsp3) is 0.250. The van der Waals surface area contributed by atoms with Gasteiger partial charge in [-0.1, -0.05) is 30.3 Å². The Labute approximate surface area is 185 Å². The van der Waals surface area contributed by atoms with Crippen LogP contribution in [0.4, 0.5) is 0 Å². The summed E-state index contributed by atoms with van der Waals surface area (Å²) in [5.74, 6) is 1.02. The van der Waals surface area contributed by atoms with Gasteiger partial charge in [0, 0.05) is 31.0 Å². The first-order valence-electron chi connectivity index (χ1n) is 9.76. The Kier molecular flexibility index (Phi) is 7.46. The number of aryl methyl sites for hydroxylation is 1. The van der Waals surface area contributed by atoms with E-state index < -0.39 is 0 Å². The molecule has 0 N–H and O–H groups in total. The molecule has 0 unspecified atom stereocenters. The fourth-order valence-electron chi connectivity index (χ4n) is 3.21. The number of ether oxygens (including phenoxy) is 2. The van der Waals surface area contributed by atoms with Gasteiger partial charge in [0.25, 0.3) is 5.91 Å². The van der Waals surface area contributed by atoms with Crippen LogP contribution >= 0.6 is 15.9 Å². The highest BCUT2D eigenvalue weighted by atomic mass is 79.9. The monoisotopic (exact) mass is 468 g/mol. The van der Waals surface area contributed by atoms with E-state index in [0.29, 0.717) is 41.2 Å². The highest BCUT2D eigenvalue weighted by Crippen LogP contribution is 2.37. The number of hydrogen-bond donors (Lipinski definition) is 0. The van der Waals surface area contributed by atoms with Crippen LogP contribution in [0.2, 0.25) is 0 Å². The van der Waals surface area contributed by atoms with E-state index in [1.54, 1.807) is 31.6 Å². The molecular formula is C24H25BrN2O3. The number of nitrogens with zero attached hydrogens (tertiary/aromatic N) is 2. The molecule has 3 rings (SSSR count). The standard InChI is InChI=1S/C24H25BrN2O3/c1-4-30-23-21(25)12-20(13-22(23)29-3)24(28)27(15-18-9-7-11-26-14-18)16-19-10-6-5-8-17(19)2/h5-14H,4,15-16H2,1-3H3. The second-order valence-electron chi connectivity index (χ2n) is 6.87. The molecule has 30 heavy (non-hydrogen) atoms. The minimum atomic E-state index is -0.0934. The Morgan fingerprint density at radius 3 is 2.60 bits per heavy atom. The molecule has 3 aromatic rings. The summed E-state index contributed by atoms with van der Waals surface area (Å²) in [5.41, 5.74) is 3.75. The first-order valence-corrected chi connectivity index (χ1v) is 10.6. The maximum absolute atomic E-state index is 13.5. The van der Waals surface area contributed by atoms with Gasteiger partial charge >= 0.3 is 0 Å². The number of methoxy groups -OCH3 is 1. The van der Waals surface area contributed by atoms with Gasteiger partial charge in [0.15, 0.2) is 11.5 Å². The van der Waals surface area contributed by atoms with Crippen LogP contribution < -0.4 is 9.47 Å². The van der Waals surface area contributed by atoms with Crippen molar-refractivity contribution in [1.29, 1.82) is 0 Å². The van der Waals surface area contributed by atoms with Crippen molar-refractivity contribution in [3.63, 3.8) is 0 Å². The zero-order valence-corrected chi connectivity index (χ0v) is 19.0. The number of benzene rings is 2. The zero-order chi connectivity index (χ0) is 21.5. The quantitative estimate of drug-likeness (QED) is 0.443. The molecule has 0 saturated heterocycles. The van der Waals surface area contributed by atoms with Crippen molar-refractivity contribution in [1.82, 2.24) is 9.88 Å². The third-order valence-corrected chi connectivity index (χ3v) is 5.36. The maximum Gasteiger partial charge on any atom is 0.254 e. The smallest absolute Gasteiger partial charge is 0.254 e. The molecule has 0 aliphatic heterocycles. The highest BCUT2D eigenvalue weighted by Gasteiger charge is 2.21. The van der Waals surface area contributed by atoms with E-state index in [-0.39, 0.29) is 5.91 Å². The summed E-state index contributed by atoms with van der Waals surface area (Å²) in [7, 11) is 1.57. The summed E-state index contributed by atoms with van der Waals surface area (Å²) in [6.07, 6.45) is 3.51. The molecule has 0 radical (unpaired) electrons. The van der Waals surface area contributed by atoms with E-state index in [9.17, 15) is 4.79 Å². The SMILES string of the molecule is CCOc1c(Br)cc(C(=O)N(Cc2cccnc2)Cc2ccccc2C)cc1OC. The number of carbonyl (C=O) groups excluding carboxylic acids is 1. The van der Waals surface area contributed by atoms with Gasteiger partial charge in [-0.05, 0) is 64.7 Å². The van der Waals surface area contributed by atoms with Gasteiger partial charge in [-0.25, -0.2) is 0 Å². The summed E-state index contributed by atoms with van der Waals surface area (Å²) in [6, 6.07) is 15.5. The van der Waals surface area contributed by atoms with E-state index in [1.165, 1.54) is 0 Å². The van der Waals surface area contributed by atoms with Crippen molar-refractivity contribution in [2.45, 2.75) is 26.9 Å². The van der Waals surface area contributed by atoms with Crippen molar-refractivity contribution in [3.8, 4) is 11.5 Å². The zero-order valence-electron chi connectivity index (χ0n) is 17.4. The van der Waals surface area contributed by atoms with Crippen molar-refractivity contribution < 1.29 is 14.3 Å². The summed E-state index contributed by atoms with van der Waals surface area (Å²) in [5, 5.41) is 0. The number of rotatable bonds is 8. The van der Waals surface area contributed by atoms with Crippen LogP contribution in [0.3, 0.4) is 0 Å². The van der Waals surface area contributed by atoms with Crippen molar-refractivity contribution >= 4 is 21.8 Å². The van der Waals surface area contributed by atoms with E-state index in [1.807, 2.05) is 42.2 Å². The van der Waals surface area contributed by atoms with E-state index in [4.69, 9.17) is 9.47 Å². The number of amides is 1. The van der Waals surface area contributed by atoms with Crippen LogP contribution in [0.25, 0.3) is 0 Å². The topological polar surface area (TPSA) is 51.7 Å². The average molecular weight is 469 g/mol. The molecule has 156 valence electrons. The number of halogens is 1. The lowest BCUT2D eigenvalue weighted by Crippen LogP contribution is -2.30. The molecule has 0 bridgehead atoms. The summed E-state index contributed by atoms with van der Waals surface area (Å²) in [6.45, 7) is 5.41. The maximum atomic E-state index is 13.5. The first-order chi connectivity index (χ1) is 14.5. The molecule has 0 saturated carbocycles. The van der Waals surface area contributed by atoms with Crippen LogP contribution in [-0.4, -0.2) is 29.5 Å². The van der Waals surface area contributed by atoms with Gasteiger partial charge < -0.3 is 14.4 Å². The minimum absolute atomic E-state index is 0.0934. The van der Waals surface area contributed by atoms with Gasteiger partial charge in [0.2, 0.25) is 0 Å². The lowest BCUT2D eigenvalue weighted by atomic mass is 10.1. The Bertz CT molecular complexity index is 1010. The van der Waals surface area contributed by atoms with E-state index in [0.717, 1.165) is 16.7 Å². The summed E-state index contributed by atoms with van der Waals surface area (Å²) >= 11 is 3.52. The summed E-state index contributed by atoms with van der Waals surface area (Å²) in [4.78, 5) is 19.5. The first kappa shape index (κ1) is 21.8. The summed E-state index contributed by atoms with van der Waals surface area (Å²) < 4.78 is 11.8. The van der Waals surface area contributed by atoms with Gasteiger partial charge in [0.1, 0.15) is 0 Å². The molecule has 0 aliphatic carbocycles. The number of carbonyl (C=O) groups is 1. The normalized spacial score (nSPS) is 10.5. The van der Waals surface area contributed by atoms with E-state index >= 15 is 0 Å². The van der Waals surface area contributed by atoms with Crippen LogP contribution in [0.5, 0.6) is 11.5 Å². The van der Waals surface area contributed by atoms with Crippen molar-refractivity contribution in [2.24, 2.45) is 0 Å². The Morgan fingerprint density at radius 1 is 1.13 bits per heavy atom. The molecule has 0 spiro atoms. The third-order valence-electron chi connectivity index (χ3n) is 4.77. The highest BCUT2D eigenvalue weighted by molar-refractivity contribution is 9.10. The Hall–Kier alpha value is -2.86. The van der Waals surface area contributed by atoms with Crippen LogP contribution in [0, 0.1) is 6.92 Å². The molecule has 0 fully saturated rings. The van der Waals surface area contributed by atoms with Gasteiger partial charge in [-0.2, -0.15) is 0 Å². The van der Waals surface area contributed by atoms with E-state index in [2.05, 4.69) is 33.9 Å². The molecule has 0 atom stereocenters. The molecule has 0 aliphatic rings. The average Bonchev–Trinajstić information content (AvgIpc) is 2.76. The predicted molar refractivity (Wildman–Crippen MR) is 121 cm³/mol. The largest absolute Gasteiger partial charge is 0.493 e. The molecule has 1 heterocycles. The molecule has 1 aromatic heterocycles. The second-order valence-corrected chi connectivity index (χ2v) is 7.73. The molecule has 6 heteroatoms. The van der Waals surface area contributed by atoms with Crippen LogP contribution in [0.15, 0.2) is 65.4 Å². The van der Waals surface area contributed by atoms with Crippen molar-refractivity contribution in [3.05, 3.63) is 87.7 Å². The van der Waals surface area contributed by atoms with Crippen LogP contribution in [0.1, 0.15) is 34.0 Å².